The smallest absolute Gasteiger partial charge is 0.337 e. The minimum atomic E-state index is -1.00. The second-order valence-corrected chi connectivity index (χ2v) is 5.52. The van der Waals surface area contributed by atoms with Crippen LogP contribution in [0.3, 0.4) is 0 Å². The molecule has 1 N–H and O–H groups in total. The molecule has 2 atom stereocenters. The first-order valence-corrected chi connectivity index (χ1v) is 6.92. The number of hydrogen-bond acceptors (Lipinski definition) is 4. The molecule has 21 heavy (non-hydrogen) atoms. The van der Waals surface area contributed by atoms with E-state index in [4.69, 9.17) is 9.47 Å². The van der Waals surface area contributed by atoms with E-state index >= 15 is 0 Å². The van der Waals surface area contributed by atoms with Crippen molar-refractivity contribution < 1.29 is 19.4 Å². The Morgan fingerprint density at radius 3 is 2.48 bits per heavy atom. The quantitative estimate of drug-likeness (QED) is 0.866. The maximum absolute atomic E-state index is 11.5. The van der Waals surface area contributed by atoms with Crippen LogP contribution in [0.25, 0.3) is 6.08 Å². The van der Waals surface area contributed by atoms with Gasteiger partial charge in [0.2, 0.25) is 5.79 Å². The van der Waals surface area contributed by atoms with Crippen molar-refractivity contribution in [2.75, 3.05) is 0 Å². The lowest BCUT2D eigenvalue weighted by molar-refractivity contribution is -0.209. The Morgan fingerprint density at radius 1 is 1.19 bits per heavy atom. The topological polar surface area (TPSA) is 55.8 Å². The number of hydrogen-bond donors (Lipinski definition) is 1. The van der Waals surface area contributed by atoms with E-state index in [0.717, 1.165) is 5.56 Å². The minimum absolute atomic E-state index is 0.336. The van der Waals surface area contributed by atoms with Crippen molar-refractivity contribution in [2.45, 2.75) is 32.7 Å². The fourth-order valence-corrected chi connectivity index (χ4v) is 2.06. The van der Waals surface area contributed by atoms with Gasteiger partial charge in [0.25, 0.3) is 0 Å². The minimum Gasteiger partial charge on any atom is -0.456 e. The third-order valence-corrected chi connectivity index (χ3v) is 3.22. The van der Waals surface area contributed by atoms with Crippen molar-refractivity contribution in [3.63, 3.8) is 0 Å². The zero-order valence-electron chi connectivity index (χ0n) is 12.4. The zero-order chi connectivity index (χ0) is 15.5. The Labute approximate surface area is 124 Å². The van der Waals surface area contributed by atoms with Crippen molar-refractivity contribution >= 4 is 12.0 Å². The van der Waals surface area contributed by atoms with Gasteiger partial charge in [0, 0.05) is 19.8 Å². The largest absolute Gasteiger partial charge is 0.456 e. The molecule has 0 amide bonds. The normalized spacial score (nSPS) is 20.4. The number of rotatable bonds is 4. The van der Waals surface area contributed by atoms with Crippen molar-refractivity contribution in [3.05, 3.63) is 53.8 Å². The van der Waals surface area contributed by atoms with Gasteiger partial charge in [0.05, 0.1) is 12.2 Å². The van der Waals surface area contributed by atoms with Gasteiger partial charge in [-0.3, -0.25) is 0 Å². The van der Waals surface area contributed by atoms with E-state index in [1.54, 1.807) is 26.8 Å². The Hall–Kier alpha value is -2.07. The molecule has 0 aliphatic carbocycles. The van der Waals surface area contributed by atoms with Gasteiger partial charge < -0.3 is 14.6 Å². The average molecular weight is 288 g/mol. The highest BCUT2D eigenvalue weighted by Gasteiger charge is 2.33. The summed E-state index contributed by atoms with van der Waals surface area (Å²) in [7, 11) is 0. The summed E-state index contributed by atoms with van der Waals surface area (Å²) in [5, 5.41) is 10.2. The molecular formula is C17H20O4. The molecule has 112 valence electrons. The number of esters is 1. The molecule has 1 aromatic carbocycles. The molecule has 0 radical (unpaired) electrons. The standard InChI is InChI=1S/C17H20O4/c1-12(15-11-16(19)21-17(2,3)20-15)14(18)10-9-13-7-5-4-6-8-13/h4-12,14,18H,1-3H3/b10-9+/t12-,14-/m0/s1. The molecule has 2 rings (SSSR count). The van der Waals surface area contributed by atoms with Gasteiger partial charge in [-0.2, -0.15) is 0 Å². The van der Waals surface area contributed by atoms with E-state index in [1.165, 1.54) is 6.08 Å². The van der Waals surface area contributed by atoms with Crippen LogP contribution in [0.15, 0.2) is 48.2 Å². The molecule has 1 aliphatic rings. The number of ether oxygens (including phenoxy) is 2. The number of benzene rings is 1. The van der Waals surface area contributed by atoms with Crippen molar-refractivity contribution in [1.29, 1.82) is 0 Å². The number of aliphatic hydroxyl groups is 1. The molecule has 1 aromatic rings. The Kier molecular flexibility index (Phi) is 4.48. The van der Waals surface area contributed by atoms with E-state index in [0.29, 0.717) is 5.76 Å². The summed E-state index contributed by atoms with van der Waals surface area (Å²) in [5.74, 6) is -1.36. The number of cyclic esters (lactones) is 1. The summed E-state index contributed by atoms with van der Waals surface area (Å²) in [4.78, 5) is 11.5. The fourth-order valence-electron chi connectivity index (χ4n) is 2.06. The van der Waals surface area contributed by atoms with Gasteiger partial charge in [-0.25, -0.2) is 4.79 Å². The maximum Gasteiger partial charge on any atom is 0.337 e. The number of carbonyl (C=O) groups excluding carboxylic acids is 1. The van der Waals surface area contributed by atoms with Crippen LogP contribution >= 0.6 is 0 Å². The van der Waals surface area contributed by atoms with Crippen molar-refractivity contribution in [3.8, 4) is 0 Å². The maximum atomic E-state index is 11.5. The summed E-state index contributed by atoms with van der Waals surface area (Å²) < 4.78 is 10.6. The summed E-state index contributed by atoms with van der Waals surface area (Å²) >= 11 is 0. The highest BCUT2D eigenvalue weighted by Crippen LogP contribution is 2.28. The van der Waals surface area contributed by atoms with E-state index in [9.17, 15) is 9.90 Å². The van der Waals surface area contributed by atoms with Crippen LogP contribution in [0.4, 0.5) is 0 Å². The Morgan fingerprint density at radius 2 is 1.86 bits per heavy atom. The van der Waals surface area contributed by atoms with E-state index in [-0.39, 0.29) is 5.92 Å². The van der Waals surface area contributed by atoms with Crippen LogP contribution < -0.4 is 0 Å². The molecule has 0 spiro atoms. The molecule has 0 aromatic heterocycles. The molecule has 0 bridgehead atoms. The Balaban J connectivity index is 2.07. The Bertz CT molecular complexity index is 557. The zero-order valence-corrected chi connectivity index (χ0v) is 12.4. The van der Waals surface area contributed by atoms with Crippen molar-refractivity contribution in [1.82, 2.24) is 0 Å². The van der Waals surface area contributed by atoms with Crippen LogP contribution in [0, 0.1) is 5.92 Å². The van der Waals surface area contributed by atoms with Gasteiger partial charge in [-0.05, 0) is 5.56 Å². The van der Waals surface area contributed by atoms with Gasteiger partial charge in [-0.1, -0.05) is 49.4 Å². The van der Waals surface area contributed by atoms with Gasteiger partial charge in [0.1, 0.15) is 5.76 Å². The van der Waals surface area contributed by atoms with Crippen LogP contribution in [-0.4, -0.2) is 23.0 Å². The lowest BCUT2D eigenvalue weighted by atomic mass is 10.00. The third-order valence-electron chi connectivity index (χ3n) is 3.22. The molecule has 0 unspecified atom stereocenters. The molecule has 4 nitrogen and oxygen atoms in total. The van der Waals surface area contributed by atoms with Gasteiger partial charge in [0.15, 0.2) is 0 Å². The third kappa shape index (κ3) is 4.20. The predicted octanol–water partition coefficient (Wildman–Crippen LogP) is 2.89. The lowest BCUT2D eigenvalue weighted by Crippen LogP contribution is -2.37. The highest BCUT2D eigenvalue weighted by atomic mass is 16.7. The van der Waals surface area contributed by atoms with Crippen LogP contribution in [0.1, 0.15) is 26.3 Å². The summed E-state index contributed by atoms with van der Waals surface area (Å²) in [6, 6.07) is 9.70. The highest BCUT2D eigenvalue weighted by molar-refractivity contribution is 5.83. The van der Waals surface area contributed by atoms with Gasteiger partial charge in [-0.15, -0.1) is 0 Å². The number of aliphatic hydroxyl groups excluding tert-OH is 1. The second-order valence-electron chi connectivity index (χ2n) is 5.52. The molecule has 0 saturated heterocycles. The number of carbonyl (C=O) groups is 1. The average Bonchev–Trinajstić information content (AvgIpc) is 2.43. The van der Waals surface area contributed by atoms with Crippen molar-refractivity contribution in [2.24, 2.45) is 5.92 Å². The summed E-state index contributed by atoms with van der Waals surface area (Å²) in [6.07, 6.45) is 4.07. The molecule has 4 heteroatoms. The first-order chi connectivity index (χ1) is 9.87. The monoisotopic (exact) mass is 288 g/mol. The summed E-state index contributed by atoms with van der Waals surface area (Å²) in [5.41, 5.74) is 1.00. The fraction of sp³-hybridized carbons (Fsp3) is 0.353. The molecule has 0 fully saturated rings. The predicted molar refractivity (Wildman–Crippen MR) is 80.0 cm³/mol. The summed E-state index contributed by atoms with van der Waals surface area (Å²) in [6.45, 7) is 5.13. The van der Waals surface area contributed by atoms with Crippen LogP contribution in [0.2, 0.25) is 0 Å². The first-order valence-electron chi connectivity index (χ1n) is 6.92. The van der Waals surface area contributed by atoms with Crippen LogP contribution in [0.5, 0.6) is 0 Å². The molecule has 1 aliphatic heterocycles. The SMILES string of the molecule is C[C@H](C1=CC(=O)OC(C)(C)O1)[C@@H](O)/C=C/c1ccccc1. The first kappa shape index (κ1) is 15.3. The molecule has 0 saturated carbocycles. The lowest BCUT2D eigenvalue weighted by Gasteiger charge is -2.33. The second kappa shape index (κ2) is 6.14. The van der Waals surface area contributed by atoms with E-state index in [2.05, 4.69) is 0 Å². The molecule has 1 heterocycles. The molecular weight excluding hydrogens is 268 g/mol. The van der Waals surface area contributed by atoms with E-state index in [1.807, 2.05) is 36.4 Å². The van der Waals surface area contributed by atoms with E-state index < -0.39 is 17.9 Å². The van der Waals surface area contributed by atoms with Gasteiger partial charge >= 0.3 is 5.97 Å². The van der Waals surface area contributed by atoms with Crippen LogP contribution in [-0.2, 0) is 14.3 Å².